The van der Waals surface area contributed by atoms with Crippen LogP contribution in [-0.4, -0.2) is 20.4 Å². The minimum absolute atomic E-state index is 0.0853. The van der Waals surface area contributed by atoms with Crippen molar-refractivity contribution in [1.29, 1.82) is 5.26 Å². The molecule has 1 atom stereocenters. The molecule has 1 N–H and O–H groups in total. The molecule has 2 aromatic rings. The van der Waals surface area contributed by atoms with Gasteiger partial charge in [-0.15, -0.1) is 0 Å². The fraction of sp³-hybridized carbons (Fsp3) is 0.222. The van der Waals surface area contributed by atoms with Crippen molar-refractivity contribution in [3.05, 3.63) is 58.1 Å². The quantitative estimate of drug-likeness (QED) is 0.865. The number of amides is 1. The number of halogens is 1. The maximum Gasteiger partial charge on any atom is 0.265 e. The number of sulfonamides is 1. The number of hydrogen-bond acceptors (Lipinski definition) is 5. The summed E-state index contributed by atoms with van der Waals surface area (Å²) in [5.74, 6) is -0.292. The molecule has 0 saturated heterocycles. The van der Waals surface area contributed by atoms with E-state index in [1.54, 1.807) is 12.1 Å². The summed E-state index contributed by atoms with van der Waals surface area (Å²) in [6, 6.07) is 11.0. The fourth-order valence-corrected chi connectivity index (χ4v) is 4.17. The van der Waals surface area contributed by atoms with Crippen molar-refractivity contribution in [3.63, 3.8) is 0 Å². The highest BCUT2D eigenvalue weighted by Crippen LogP contribution is 2.37. The van der Waals surface area contributed by atoms with Gasteiger partial charge in [0.2, 0.25) is 0 Å². The van der Waals surface area contributed by atoms with Crippen LogP contribution in [0.3, 0.4) is 0 Å². The molecule has 1 amide bonds. The molecule has 8 heteroatoms. The van der Waals surface area contributed by atoms with Gasteiger partial charge in [-0.05, 0) is 36.8 Å². The topological polar surface area (TPSA) is 96.3 Å². The Balaban J connectivity index is 1.87. The van der Waals surface area contributed by atoms with Gasteiger partial charge >= 0.3 is 0 Å². The average Bonchev–Trinajstić information content (AvgIpc) is 2.96. The van der Waals surface area contributed by atoms with Gasteiger partial charge in [-0.1, -0.05) is 23.7 Å². The molecular formula is C18H15ClN2O4S. The lowest BCUT2D eigenvalue weighted by Gasteiger charge is -2.10. The second-order valence-corrected chi connectivity index (χ2v) is 8.09. The van der Waals surface area contributed by atoms with Gasteiger partial charge in [-0.3, -0.25) is 4.79 Å². The molecule has 1 heterocycles. The highest BCUT2D eigenvalue weighted by Gasteiger charge is 2.27. The van der Waals surface area contributed by atoms with Crippen LogP contribution in [0.15, 0.2) is 41.3 Å². The van der Waals surface area contributed by atoms with Crippen LogP contribution in [0.5, 0.6) is 5.75 Å². The Hall–Kier alpha value is -2.56. The Morgan fingerprint density at radius 2 is 2.15 bits per heavy atom. The van der Waals surface area contributed by atoms with Crippen LogP contribution in [0.4, 0.5) is 0 Å². The summed E-state index contributed by atoms with van der Waals surface area (Å²) in [5, 5.41) is 8.93. The van der Waals surface area contributed by atoms with Crippen LogP contribution in [0.2, 0.25) is 5.02 Å². The summed E-state index contributed by atoms with van der Waals surface area (Å²) in [5.41, 5.74) is 1.48. The first-order valence-corrected chi connectivity index (χ1v) is 9.68. The summed E-state index contributed by atoms with van der Waals surface area (Å²) in [7, 11) is -4.10. The van der Waals surface area contributed by atoms with Crippen LogP contribution in [0, 0.1) is 11.3 Å². The predicted octanol–water partition coefficient (Wildman–Crippen LogP) is 2.85. The zero-order chi connectivity index (χ0) is 18.9. The van der Waals surface area contributed by atoms with Gasteiger partial charge in [0.15, 0.2) is 0 Å². The molecule has 0 spiro atoms. The third kappa shape index (κ3) is 3.66. The Bertz CT molecular complexity index is 1030. The Morgan fingerprint density at radius 3 is 2.88 bits per heavy atom. The van der Waals surface area contributed by atoms with Crippen molar-refractivity contribution in [3.8, 4) is 11.8 Å². The van der Waals surface area contributed by atoms with Crippen molar-refractivity contribution in [2.24, 2.45) is 0 Å². The lowest BCUT2D eigenvalue weighted by molar-refractivity contribution is 0.0981. The largest absolute Gasteiger partial charge is 0.489 e. The number of ether oxygens (including phenoxy) is 1. The Kier molecular flexibility index (Phi) is 4.90. The third-order valence-electron chi connectivity index (χ3n) is 3.93. The molecule has 0 aromatic heterocycles. The minimum atomic E-state index is -4.10. The number of carbonyl (C=O) groups is 1. The average molecular weight is 391 g/mol. The summed E-state index contributed by atoms with van der Waals surface area (Å²) in [6.07, 6.45) is 0.590. The van der Waals surface area contributed by atoms with Crippen LogP contribution < -0.4 is 9.46 Å². The van der Waals surface area contributed by atoms with Crippen LogP contribution in [0.1, 0.15) is 28.4 Å². The van der Waals surface area contributed by atoms with E-state index in [1.807, 2.05) is 17.7 Å². The third-order valence-corrected chi connectivity index (χ3v) is 5.52. The van der Waals surface area contributed by atoms with E-state index < -0.39 is 15.9 Å². The highest BCUT2D eigenvalue weighted by atomic mass is 35.5. The molecule has 0 fully saturated rings. The van der Waals surface area contributed by atoms with Gasteiger partial charge in [0.1, 0.15) is 11.9 Å². The molecule has 0 radical (unpaired) electrons. The van der Waals surface area contributed by atoms with E-state index in [4.69, 9.17) is 21.6 Å². The van der Waals surface area contributed by atoms with E-state index >= 15 is 0 Å². The normalized spacial score (nSPS) is 15.7. The van der Waals surface area contributed by atoms with Crippen molar-refractivity contribution < 1.29 is 17.9 Å². The zero-order valence-electron chi connectivity index (χ0n) is 13.8. The minimum Gasteiger partial charge on any atom is -0.489 e. The number of nitrogens with one attached hydrogen (secondary N) is 1. The van der Waals surface area contributed by atoms with Gasteiger partial charge in [0.25, 0.3) is 15.9 Å². The van der Waals surface area contributed by atoms with Crippen molar-refractivity contribution >= 4 is 27.5 Å². The van der Waals surface area contributed by atoms with Crippen LogP contribution in [-0.2, 0) is 22.9 Å². The first kappa shape index (κ1) is 18.2. The second-order valence-electron chi connectivity index (χ2n) is 6.00. The van der Waals surface area contributed by atoms with Crippen LogP contribution >= 0.6 is 11.6 Å². The molecule has 0 aliphatic carbocycles. The van der Waals surface area contributed by atoms with Crippen molar-refractivity contribution in [2.45, 2.75) is 30.8 Å². The van der Waals surface area contributed by atoms with E-state index in [-0.39, 0.29) is 28.0 Å². The summed E-state index contributed by atoms with van der Waals surface area (Å²) < 4.78 is 32.7. The van der Waals surface area contributed by atoms with Gasteiger partial charge in [-0.2, -0.15) is 5.26 Å². The Labute approximate surface area is 156 Å². The molecule has 0 bridgehead atoms. The van der Waals surface area contributed by atoms with Crippen LogP contribution in [0.25, 0.3) is 0 Å². The highest BCUT2D eigenvalue weighted by molar-refractivity contribution is 7.90. The molecule has 0 saturated carbocycles. The van der Waals surface area contributed by atoms with E-state index in [9.17, 15) is 13.2 Å². The van der Waals surface area contributed by atoms with E-state index in [0.717, 1.165) is 0 Å². The number of hydrogen-bond donors (Lipinski definition) is 1. The number of fused-ring (bicyclic) bond motifs is 1. The number of benzene rings is 2. The smallest absolute Gasteiger partial charge is 0.265 e. The lowest BCUT2D eigenvalue weighted by atomic mass is 10.1. The molecule has 134 valence electrons. The van der Waals surface area contributed by atoms with Gasteiger partial charge < -0.3 is 4.74 Å². The van der Waals surface area contributed by atoms with E-state index in [2.05, 4.69) is 0 Å². The fourth-order valence-electron chi connectivity index (χ4n) is 2.77. The van der Waals surface area contributed by atoms with Gasteiger partial charge in [0, 0.05) is 17.5 Å². The molecule has 6 nitrogen and oxygen atoms in total. The number of nitriles is 1. The molecule has 1 aliphatic heterocycles. The number of carbonyl (C=O) groups excluding carboxylic acids is 1. The van der Waals surface area contributed by atoms with Crippen molar-refractivity contribution in [2.75, 3.05) is 0 Å². The summed E-state index contributed by atoms with van der Waals surface area (Å²) in [4.78, 5) is 12.2. The van der Waals surface area contributed by atoms with Gasteiger partial charge in [0.05, 0.1) is 22.4 Å². The standard InChI is InChI=1S/C18H15ClN2O4S/c1-11-7-14-9-15(10-16(19)17(14)25-11)26(23,24)21-18(22)13-4-2-3-12(8-13)5-6-20/h2-4,8-11H,5,7H2,1H3,(H,21,22). The monoisotopic (exact) mass is 390 g/mol. The molecule has 1 unspecified atom stereocenters. The number of nitrogens with zero attached hydrogens (tertiary/aromatic N) is 1. The molecule has 2 aromatic carbocycles. The maximum atomic E-state index is 12.6. The first-order valence-electron chi connectivity index (χ1n) is 7.82. The van der Waals surface area contributed by atoms with E-state index in [0.29, 0.717) is 23.3 Å². The number of rotatable bonds is 4. The first-order chi connectivity index (χ1) is 12.3. The molecule has 3 rings (SSSR count). The van der Waals surface area contributed by atoms with Crippen molar-refractivity contribution in [1.82, 2.24) is 4.72 Å². The summed E-state index contributed by atoms with van der Waals surface area (Å²) >= 11 is 6.12. The lowest BCUT2D eigenvalue weighted by Crippen LogP contribution is -2.30. The SMILES string of the molecule is CC1Cc2cc(S(=O)(=O)NC(=O)c3cccc(CC#N)c3)cc(Cl)c2O1. The molecule has 26 heavy (non-hydrogen) atoms. The summed E-state index contributed by atoms with van der Waals surface area (Å²) in [6.45, 7) is 1.86. The van der Waals surface area contributed by atoms with E-state index in [1.165, 1.54) is 24.3 Å². The Morgan fingerprint density at radius 1 is 1.38 bits per heavy atom. The zero-order valence-corrected chi connectivity index (χ0v) is 15.4. The second kappa shape index (κ2) is 6.98. The van der Waals surface area contributed by atoms with Gasteiger partial charge in [-0.25, -0.2) is 13.1 Å². The molecule has 1 aliphatic rings. The predicted molar refractivity (Wildman–Crippen MR) is 95.7 cm³/mol. The molecular weight excluding hydrogens is 376 g/mol. The maximum absolute atomic E-state index is 12.6.